The van der Waals surface area contributed by atoms with Gasteiger partial charge in [-0.2, -0.15) is 10.4 Å². The minimum atomic E-state index is -1.33. The Hall–Kier alpha value is -2.00. The zero-order chi connectivity index (χ0) is 17.1. The number of hydrogen-bond acceptors (Lipinski definition) is 3. The van der Waals surface area contributed by atoms with Gasteiger partial charge in [0.05, 0.1) is 12.2 Å². The second-order valence-electron chi connectivity index (χ2n) is 4.62. The fourth-order valence-electron chi connectivity index (χ4n) is 1.96. The van der Waals surface area contributed by atoms with E-state index in [0.29, 0.717) is 26.9 Å². The van der Waals surface area contributed by atoms with Gasteiger partial charge in [-0.05, 0) is 25.1 Å². The summed E-state index contributed by atoms with van der Waals surface area (Å²) in [5, 5.41) is 23.2. The Morgan fingerprint density at radius 1 is 1.39 bits per heavy atom. The summed E-state index contributed by atoms with van der Waals surface area (Å²) >= 11 is 18.5. The quantitative estimate of drug-likeness (QED) is 0.646. The van der Waals surface area contributed by atoms with Gasteiger partial charge >= 0.3 is 5.97 Å². The Kier molecular flexibility index (Phi) is 5.32. The van der Waals surface area contributed by atoms with Crippen molar-refractivity contribution < 1.29 is 9.90 Å². The third-order valence-electron chi connectivity index (χ3n) is 3.12. The molecule has 0 fully saturated rings. The molecule has 1 N–H and O–H groups in total. The second-order valence-corrected chi connectivity index (χ2v) is 5.80. The van der Waals surface area contributed by atoms with Crippen molar-refractivity contribution in [3.63, 3.8) is 0 Å². The first-order chi connectivity index (χ1) is 10.8. The van der Waals surface area contributed by atoms with Crippen molar-refractivity contribution in [1.29, 1.82) is 5.26 Å². The minimum absolute atomic E-state index is 0.201. The van der Waals surface area contributed by atoms with Crippen LogP contribution in [0.5, 0.6) is 0 Å². The smallest absolute Gasteiger partial charge is 0.346 e. The standard InChI is InChI=1S/C15H10Cl3N3O2/c1-8-10(5-9(6-19)15(22)23)14(18)21(20-8)7-11-12(16)3-2-4-13(11)17/h2-5H,7H2,1H3,(H,22,23)/b9-5+. The van der Waals surface area contributed by atoms with Crippen molar-refractivity contribution in [2.75, 3.05) is 0 Å². The largest absolute Gasteiger partial charge is 0.477 e. The number of aromatic nitrogens is 2. The maximum Gasteiger partial charge on any atom is 0.346 e. The van der Waals surface area contributed by atoms with Crippen LogP contribution in [0.2, 0.25) is 15.2 Å². The Balaban J connectivity index is 2.47. The molecule has 1 aromatic heterocycles. The normalized spacial score (nSPS) is 11.3. The number of aryl methyl sites for hydroxylation is 1. The van der Waals surface area contributed by atoms with Crippen LogP contribution in [0.1, 0.15) is 16.8 Å². The molecule has 0 unspecified atom stereocenters. The number of carboxylic acid groups (broad SMARTS) is 1. The third kappa shape index (κ3) is 3.67. The Morgan fingerprint density at radius 2 is 2.00 bits per heavy atom. The molecule has 5 nitrogen and oxygen atoms in total. The summed E-state index contributed by atoms with van der Waals surface area (Å²) in [6.45, 7) is 1.89. The number of carboxylic acids is 1. The molecular weight excluding hydrogens is 361 g/mol. The zero-order valence-corrected chi connectivity index (χ0v) is 14.1. The topological polar surface area (TPSA) is 78.9 Å². The van der Waals surface area contributed by atoms with Crippen molar-refractivity contribution in [2.24, 2.45) is 0 Å². The van der Waals surface area contributed by atoms with Crippen LogP contribution in [0.3, 0.4) is 0 Å². The van der Waals surface area contributed by atoms with Crippen LogP contribution in [0.4, 0.5) is 0 Å². The average Bonchev–Trinajstić information content (AvgIpc) is 2.75. The molecule has 23 heavy (non-hydrogen) atoms. The van der Waals surface area contributed by atoms with Crippen LogP contribution >= 0.6 is 34.8 Å². The molecule has 2 rings (SSSR count). The highest BCUT2D eigenvalue weighted by Crippen LogP contribution is 2.28. The van der Waals surface area contributed by atoms with E-state index in [9.17, 15) is 4.79 Å². The summed E-state index contributed by atoms with van der Waals surface area (Å²) in [5.41, 5.74) is 1.08. The molecule has 2 aromatic rings. The first-order valence-electron chi connectivity index (χ1n) is 6.36. The highest BCUT2D eigenvalue weighted by molar-refractivity contribution is 6.36. The van der Waals surface area contributed by atoms with Gasteiger partial charge in [-0.25, -0.2) is 9.48 Å². The first-order valence-corrected chi connectivity index (χ1v) is 7.49. The maximum atomic E-state index is 10.9. The summed E-state index contributed by atoms with van der Waals surface area (Å²) in [4.78, 5) is 10.9. The van der Waals surface area contributed by atoms with E-state index in [2.05, 4.69) is 5.10 Å². The summed E-state index contributed by atoms with van der Waals surface area (Å²) in [6.07, 6.45) is 1.19. The molecule has 0 bridgehead atoms. The summed E-state index contributed by atoms with van der Waals surface area (Å²) < 4.78 is 1.45. The van der Waals surface area contributed by atoms with E-state index < -0.39 is 11.5 Å². The number of nitriles is 1. The predicted molar refractivity (Wildman–Crippen MR) is 88.8 cm³/mol. The lowest BCUT2D eigenvalue weighted by Gasteiger charge is -2.08. The number of halogens is 3. The third-order valence-corrected chi connectivity index (χ3v) is 4.23. The highest BCUT2D eigenvalue weighted by Gasteiger charge is 2.16. The summed E-state index contributed by atoms with van der Waals surface area (Å²) in [7, 11) is 0. The highest BCUT2D eigenvalue weighted by atomic mass is 35.5. The van der Waals surface area contributed by atoms with Gasteiger partial charge in [0.1, 0.15) is 16.8 Å². The fraction of sp³-hybridized carbons (Fsp3) is 0.133. The molecule has 0 amide bonds. The molecular formula is C15H10Cl3N3O2. The van der Waals surface area contributed by atoms with Crippen LogP contribution < -0.4 is 0 Å². The summed E-state index contributed by atoms with van der Waals surface area (Å²) in [5.74, 6) is -1.33. The molecule has 0 radical (unpaired) electrons. The monoisotopic (exact) mass is 369 g/mol. The maximum absolute atomic E-state index is 10.9. The molecule has 8 heteroatoms. The molecule has 118 valence electrons. The van der Waals surface area contributed by atoms with Gasteiger partial charge < -0.3 is 5.11 Å². The van der Waals surface area contributed by atoms with Crippen LogP contribution in [0.25, 0.3) is 6.08 Å². The summed E-state index contributed by atoms with van der Waals surface area (Å²) in [6, 6.07) is 6.73. The lowest BCUT2D eigenvalue weighted by atomic mass is 10.1. The SMILES string of the molecule is Cc1nn(Cc2c(Cl)cccc2Cl)c(Cl)c1/C=C(\C#N)C(=O)O. The average molecular weight is 371 g/mol. The lowest BCUT2D eigenvalue weighted by Crippen LogP contribution is -2.03. The molecule has 0 atom stereocenters. The molecule has 0 aliphatic heterocycles. The van der Waals surface area contributed by atoms with Crippen molar-refractivity contribution in [3.8, 4) is 6.07 Å². The number of hydrogen-bond donors (Lipinski definition) is 1. The molecule has 0 aliphatic carbocycles. The molecule has 0 saturated heterocycles. The zero-order valence-electron chi connectivity index (χ0n) is 11.8. The number of nitrogens with zero attached hydrogens (tertiary/aromatic N) is 3. The van der Waals surface area contributed by atoms with Crippen molar-refractivity contribution in [3.05, 3.63) is 55.8 Å². The number of benzene rings is 1. The van der Waals surface area contributed by atoms with E-state index >= 15 is 0 Å². The van der Waals surface area contributed by atoms with Crippen LogP contribution in [-0.4, -0.2) is 20.9 Å². The van der Waals surface area contributed by atoms with Gasteiger partial charge in [-0.3, -0.25) is 0 Å². The van der Waals surface area contributed by atoms with E-state index in [1.54, 1.807) is 31.2 Å². The first kappa shape index (κ1) is 17.4. The van der Waals surface area contributed by atoms with Crippen LogP contribution in [-0.2, 0) is 11.3 Å². The van der Waals surface area contributed by atoms with E-state index in [1.165, 1.54) is 10.8 Å². The predicted octanol–water partition coefficient (Wildman–Crippen LogP) is 4.19. The van der Waals surface area contributed by atoms with Gasteiger partial charge in [0.25, 0.3) is 0 Å². The number of carbonyl (C=O) groups is 1. The fourth-order valence-corrected chi connectivity index (χ4v) is 2.76. The number of rotatable bonds is 4. The molecule has 0 spiro atoms. The van der Waals surface area contributed by atoms with Gasteiger partial charge in [0.2, 0.25) is 0 Å². The number of aliphatic carboxylic acids is 1. The molecule has 1 aromatic carbocycles. The lowest BCUT2D eigenvalue weighted by molar-refractivity contribution is -0.132. The minimum Gasteiger partial charge on any atom is -0.477 e. The van der Waals surface area contributed by atoms with Gasteiger partial charge in [-0.1, -0.05) is 40.9 Å². The van der Waals surface area contributed by atoms with E-state index in [4.69, 9.17) is 45.2 Å². The second kappa shape index (κ2) is 7.05. The van der Waals surface area contributed by atoms with Crippen molar-refractivity contribution in [1.82, 2.24) is 9.78 Å². The molecule has 0 saturated carbocycles. The van der Waals surface area contributed by atoms with Crippen molar-refractivity contribution in [2.45, 2.75) is 13.5 Å². The van der Waals surface area contributed by atoms with Gasteiger partial charge in [0.15, 0.2) is 0 Å². The van der Waals surface area contributed by atoms with E-state index in [1.807, 2.05) is 0 Å². The van der Waals surface area contributed by atoms with Crippen LogP contribution in [0, 0.1) is 18.3 Å². The van der Waals surface area contributed by atoms with E-state index in [0.717, 1.165) is 0 Å². The Morgan fingerprint density at radius 3 is 2.52 bits per heavy atom. The van der Waals surface area contributed by atoms with Crippen molar-refractivity contribution >= 4 is 46.8 Å². The van der Waals surface area contributed by atoms with Gasteiger partial charge in [0, 0.05) is 21.2 Å². The Bertz CT molecular complexity index is 830. The molecule has 0 aliphatic rings. The Labute approximate surface area is 147 Å². The molecule has 1 heterocycles. The van der Waals surface area contributed by atoms with E-state index in [-0.39, 0.29) is 11.7 Å². The van der Waals surface area contributed by atoms with Crippen LogP contribution in [0.15, 0.2) is 23.8 Å². The van der Waals surface area contributed by atoms with Gasteiger partial charge in [-0.15, -0.1) is 0 Å².